The molecule has 1 N–H and O–H groups in total. The van der Waals surface area contributed by atoms with E-state index in [4.69, 9.17) is 0 Å². The van der Waals surface area contributed by atoms with Crippen LogP contribution in [0.5, 0.6) is 0 Å². The number of rotatable bonds is 2. The molecule has 0 saturated carbocycles. The molecule has 1 saturated heterocycles. The number of piperazine rings is 1. The fraction of sp³-hybridized carbons (Fsp3) is 0.385. The second-order valence-electron chi connectivity index (χ2n) is 4.64. The maximum absolute atomic E-state index is 14.2. The highest BCUT2D eigenvalue weighted by Gasteiger charge is 2.14. The molecule has 0 atom stereocenters. The lowest BCUT2D eigenvalue weighted by molar-refractivity contribution is 0.585. The van der Waals surface area contributed by atoms with Crippen LogP contribution in [-0.4, -0.2) is 40.9 Å². The van der Waals surface area contributed by atoms with Crippen LogP contribution in [0.15, 0.2) is 24.5 Å². The molecule has 1 fully saturated rings. The van der Waals surface area contributed by atoms with Gasteiger partial charge in [0.2, 0.25) is 0 Å². The van der Waals surface area contributed by atoms with Gasteiger partial charge in [-0.3, -0.25) is 4.68 Å². The summed E-state index contributed by atoms with van der Waals surface area (Å²) in [5, 5.41) is 7.41. The average molecular weight is 261 g/mol. The first kappa shape index (κ1) is 12.1. The zero-order valence-corrected chi connectivity index (χ0v) is 10.8. The highest BCUT2D eigenvalue weighted by molar-refractivity contribution is 5.61. The molecule has 0 spiro atoms. The van der Waals surface area contributed by atoms with Crippen LogP contribution in [0.3, 0.4) is 0 Å². The van der Waals surface area contributed by atoms with Gasteiger partial charge >= 0.3 is 0 Å². The molecule has 0 radical (unpaired) electrons. The lowest BCUT2D eigenvalue weighted by atomic mass is 10.1. The second kappa shape index (κ2) is 4.97. The highest BCUT2D eigenvalue weighted by Crippen LogP contribution is 2.24. The number of benzene rings is 1. The Morgan fingerprint density at radius 2 is 2.05 bits per heavy atom. The van der Waals surface area contributed by atoms with Gasteiger partial charge in [0, 0.05) is 38.9 Å². The molecule has 6 heteroatoms. The van der Waals surface area contributed by atoms with Crippen molar-refractivity contribution in [2.45, 2.75) is 0 Å². The topological polar surface area (TPSA) is 46.0 Å². The Morgan fingerprint density at radius 1 is 1.26 bits per heavy atom. The Kier molecular flexibility index (Phi) is 3.16. The zero-order chi connectivity index (χ0) is 13.2. The summed E-state index contributed by atoms with van der Waals surface area (Å²) in [5.41, 5.74) is 1.36. The molecular formula is C13H16FN5. The Bertz CT molecular complexity index is 574. The first-order chi connectivity index (χ1) is 9.24. The lowest BCUT2D eigenvalue weighted by Gasteiger charge is -2.29. The number of hydrogen-bond acceptors (Lipinski definition) is 4. The van der Waals surface area contributed by atoms with Crippen LogP contribution in [-0.2, 0) is 7.05 Å². The molecular weight excluding hydrogens is 245 g/mol. The molecule has 0 amide bonds. The predicted octanol–water partition coefficient (Wildman–Crippen LogP) is 1.03. The summed E-state index contributed by atoms with van der Waals surface area (Å²) in [5.74, 6) is 0.147. The third kappa shape index (κ3) is 2.44. The van der Waals surface area contributed by atoms with Crippen LogP contribution in [0.1, 0.15) is 0 Å². The lowest BCUT2D eigenvalue weighted by Crippen LogP contribution is -2.43. The van der Waals surface area contributed by atoms with E-state index in [9.17, 15) is 4.39 Å². The minimum atomic E-state index is -0.276. The fourth-order valence-corrected chi connectivity index (χ4v) is 2.27. The number of aryl methyl sites for hydroxylation is 1. The van der Waals surface area contributed by atoms with E-state index in [0.29, 0.717) is 11.4 Å². The summed E-state index contributed by atoms with van der Waals surface area (Å²) in [6.45, 7) is 3.68. The van der Waals surface area contributed by atoms with Gasteiger partial charge in [-0.05, 0) is 18.2 Å². The summed E-state index contributed by atoms with van der Waals surface area (Å²) in [4.78, 5) is 6.25. The molecule has 1 aliphatic rings. The molecule has 100 valence electrons. The van der Waals surface area contributed by atoms with Crippen molar-refractivity contribution in [2.24, 2.45) is 7.05 Å². The van der Waals surface area contributed by atoms with Crippen molar-refractivity contribution < 1.29 is 4.39 Å². The van der Waals surface area contributed by atoms with Gasteiger partial charge in [0.25, 0.3) is 0 Å². The molecule has 19 heavy (non-hydrogen) atoms. The SMILES string of the molecule is Cn1cnc(-c2ccc(N3CCNCC3)cc2F)n1. The molecule has 2 heterocycles. The summed E-state index contributed by atoms with van der Waals surface area (Å²) in [7, 11) is 1.77. The van der Waals surface area contributed by atoms with Crippen LogP contribution >= 0.6 is 0 Å². The fourth-order valence-electron chi connectivity index (χ4n) is 2.27. The van der Waals surface area contributed by atoms with E-state index >= 15 is 0 Å². The minimum Gasteiger partial charge on any atom is -0.369 e. The van der Waals surface area contributed by atoms with Crippen molar-refractivity contribution in [3.63, 3.8) is 0 Å². The first-order valence-electron chi connectivity index (χ1n) is 6.35. The van der Waals surface area contributed by atoms with Crippen molar-refractivity contribution >= 4 is 5.69 Å². The van der Waals surface area contributed by atoms with Gasteiger partial charge in [0.1, 0.15) is 12.1 Å². The van der Waals surface area contributed by atoms with E-state index < -0.39 is 0 Å². The van der Waals surface area contributed by atoms with Crippen LogP contribution in [0.4, 0.5) is 10.1 Å². The standard InChI is InChI=1S/C13H16FN5/c1-18-9-16-13(17-18)11-3-2-10(8-12(11)14)19-6-4-15-5-7-19/h2-3,8-9,15H,4-7H2,1H3. The molecule has 5 nitrogen and oxygen atoms in total. The zero-order valence-electron chi connectivity index (χ0n) is 10.8. The van der Waals surface area contributed by atoms with Gasteiger partial charge in [-0.2, -0.15) is 5.10 Å². The van der Waals surface area contributed by atoms with Crippen molar-refractivity contribution in [3.05, 3.63) is 30.3 Å². The summed E-state index contributed by atoms with van der Waals surface area (Å²) < 4.78 is 15.7. The maximum Gasteiger partial charge on any atom is 0.184 e. The molecule has 2 aromatic rings. The van der Waals surface area contributed by atoms with Gasteiger partial charge in [-0.15, -0.1) is 0 Å². The largest absolute Gasteiger partial charge is 0.369 e. The maximum atomic E-state index is 14.2. The first-order valence-corrected chi connectivity index (χ1v) is 6.35. The van der Waals surface area contributed by atoms with Crippen molar-refractivity contribution in [1.29, 1.82) is 0 Å². The Morgan fingerprint density at radius 3 is 2.68 bits per heavy atom. The summed E-state index contributed by atoms with van der Waals surface area (Å²) in [6.07, 6.45) is 1.57. The van der Waals surface area contributed by atoms with Crippen LogP contribution in [0.2, 0.25) is 0 Å². The van der Waals surface area contributed by atoms with E-state index in [1.54, 1.807) is 30.2 Å². The number of nitrogens with zero attached hydrogens (tertiary/aromatic N) is 4. The number of aromatic nitrogens is 3. The van der Waals surface area contributed by atoms with Crippen molar-refractivity contribution in [3.8, 4) is 11.4 Å². The van der Waals surface area contributed by atoms with Crippen LogP contribution < -0.4 is 10.2 Å². The molecule has 0 bridgehead atoms. The van der Waals surface area contributed by atoms with Gasteiger partial charge in [-0.1, -0.05) is 0 Å². The Labute approximate surface area is 111 Å². The Hall–Kier alpha value is -1.95. The van der Waals surface area contributed by atoms with Crippen LogP contribution in [0.25, 0.3) is 11.4 Å². The normalized spacial score (nSPS) is 15.8. The smallest absolute Gasteiger partial charge is 0.184 e. The molecule has 1 aromatic heterocycles. The average Bonchev–Trinajstić information content (AvgIpc) is 2.86. The second-order valence-corrected chi connectivity index (χ2v) is 4.64. The minimum absolute atomic E-state index is 0.276. The van der Waals surface area contributed by atoms with E-state index in [-0.39, 0.29) is 5.82 Å². The molecule has 1 aromatic carbocycles. The van der Waals surface area contributed by atoms with Gasteiger partial charge < -0.3 is 10.2 Å². The molecule has 0 unspecified atom stereocenters. The number of hydrogen-bond donors (Lipinski definition) is 1. The number of halogens is 1. The van der Waals surface area contributed by atoms with E-state index in [1.807, 2.05) is 6.07 Å². The van der Waals surface area contributed by atoms with Gasteiger partial charge in [0.15, 0.2) is 5.82 Å². The predicted molar refractivity (Wildman–Crippen MR) is 71.5 cm³/mol. The van der Waals surface area contributed by atoms with Gasteiger partial charge in [-0.25, -0.2) is 9.37 Å². The highest BCUT2D eigenvalue weighted by atomic mass is 19.1. The van der Waals surface area contributed by atoms with Crippen LogP contribution in [0, 0.1) is 5.82 Å². The van der Waals surface area contributed by atoms with Crippen molar-refractivity contribution in [1.82, 2.24) is 20.1 Å². The quantitative estimate of drug-likeness (QED) is 0.877. The van der Waals surface area contributed by atoms with Crippen molar-refractivity contribution in [2.75, 3.05) is 31.1 Å². The summed E-state index contributed by atoms with van der Waals surface area (Å²) in [6, 6.07) is 5.25. The molecule has 0 aliphatic carbocycles. The third-order valence-electron chi connectivity index (χ3n) is 3.28. The van der Waals surface area contributed by atoms with E-state index in [0.717, 1.165) is 31.9 Å². The Balaban J connectivity index is 1.89. The molecule has 1 aliphatic heterocycles. The van der Waals surface area contributed by atoms with E-state index in [2.05, 4.69) is 20.3 Å². The number of anilines is 1. The third-order valence-corrected chi connectivity index (χ3v) is 3.28. The number of nitrogens with one attached hydrogen (secondary N) is 1. The summed E-state index contributed by atoms with van der Waals surface area (Å²) >= 11 is 0. The molecule has 3 rings (SSSR count). The van der Waals surface area contributed by atoms with Gasteiger partial charge in [0.05, 0.1) is 5.56 Å². The monoisotopic (exact) mass is 261 g/mol. The van der Waals surface area contributed by atoms with E-state index in [1.165, 1.54) is 0 Å².